The van der Waals surface area contributed by atoms with E-state index < -0.39 is 5.97 Å². The zero-order chi connectivity index (χ0) is 14.8. The Morgan fingerprint density at radius 1 is 1.29 bits per heavy atom. The maximum Gasteiger partial charge on any atom is 0.358 e. The highest BCUT2D eigenvalue weighted by Crippen LogP contribution is 2.27. The minimum atomic E-state index is -1.08. The van der Waals surface area contributed by atoms with Gasteiger partial charge in [-0.1, -0.05) is 18.2 Å². The topological polar surface area (TPSA) is 59.4 Å². The van der Waals surface area contributed by atoms with Gasteiger partial charge in [0.05, 0.1) is 0 Å². The summed E-state index contributed by atoms with van der Waals surface area (Å²) in [5.74, 6) is -0.785. The van der Waals surface area contributed by atoms with Crippen LogP contribution in [0.3, 0.4) is 0 Å². The molecule has 5 heteroatoms. The predicted molar refractivity (Wildman–Crippen MR) is 82.1 cm³/mol. The number of carboxylic acids is 1. The fourth-order valence-corrected chi connectivity index (χ4v) is 3.06. The van der Waals surface area contributed by atoms with Gasteiger partial charge in [-0.25, -0.2) is 9.78 Å². The number of carbonyl (C=O) groups is 1. The van der Waals surface area contributed by atoms with Gasteiger partial charge in [-0.2, -0.15) is 0 Å². The fraction of sp³-hybridized carbons (Fsp3) is 0.125. The number of rotatable bonds is 4. The van der Waals surface area contributed by atoms with Crippen molar-refractivity contribution in [3.05, 3.63) is 58.7 Å². The first-order valence-corrected chi connectivity index (χ1v) is 7.32. The predicted octanol–water partition coefficient (Wildman–Crippen LogP) is 3.88. The molecule has 21 heavy (non-hydrogen) atoms. The zero-order valence-electron chi connectivity index (χ0n) is 11.4. The quantitative estimate of drug-likeness (QED) is 0.794. The molecule has 1 aromatic carbocycles. The first-order chi connectivity index (χ1) is 10.1. The summed E-state index contributed by atoms with van der Waals surface area (Å²) in [6, 6.07) is 11.5. The van der Waals surface area contributed by atoms with Gasteiger partial charge < -0.3 is 9.84 Å². The Balaban J connectivity index is 1.87. The smallest absolute Gasteiger partial charge is 0.358 e. The Hall–Kier alpha value is -2.40. The molecular formula is C16H13NO3S. The lowest BCUT2D eigenvalue weighted by atomic mass is 10.2. The highest BCUT2D eigenvalue weighted by Gasteiger charge is 2.14. The third kappa shape index (κ3) is 2.73. The van der Waals surface area contributed by atoms with E-state index in [0.717, 1.165) is 10.9 Å². The molecule has 0 aliphatic heterocycles. The van der Waals surface area contributed by atoms with Crippen molar-refractivity contribution in [1.29, 1.82) is 0 Å². The van der Waals surface area contributed by atoms with E-state index in [1.54, 1.807) is 30.4 Å². The summed E-state index contributed by atoms with van der Waals surface area (Å²) in [6.07, 6.45) is 0. The van der Waals surface area contributed by atoms with Gasteiger partial charge in [0.1, 0.15) is 6.61 Å². The number of hydrogen-bond acceptors (Lipinski definition) is 4. The van der Waals surface area contributed by atoms with Gasteiger partial charge in [-0.3, -0.25) is 0 Å². The van der Waals surface area contributed by atoms with E-state index in [-0.39, 0.29) is 5.69 Å². The Morgan fingerprint density at radius 3 is 2.90 bits per heavy atom. The lowest BCUT2D eigenvalue weighted by Crippen LogP contribution is -2.06. The summed E-state index contributed by atoms with van der Waals surface area (Å²) in [5, 5.41) is 12.4. The number of hydrogen-bond donors (Lipinski definition) is 1. The fourth-order valence-electron chi connectivity index (χ4n) is 2.11. The average molecular weight is 299 g/mol. The number of aromatic carboxylic acids is 1. The van der Waals surface area contributed by atoms with E-state index in [0.29, 0.717) is 18.1 Å². The molecule has 0 radical (unpaired) electrons. The maximum absolute atomic E-state index is 11.2. The second-order valence-corrected chi connectivity index (χ2v) is 5.56. The van der Waals surface area contributed by atoms with Crippen molar-refractivity contribution in [2.45, 2.75) is 13.5 Å². The normalized spacial score (nSPS) is 10.7. The Labute approximate surface area is 125 Å². The molecule has 0 spiro atoms. The van der Waals surface area contributed by atoms with Crippen molar-refractivity contribution in [2.75, 3.05) is 0 Å². The lowest BCUT2D eigenvalue weighted by Gasteiger charge is -2.08. The third-order valence-corrected chi connectivity index (χ3v) is 4.16. The van der Waals surface area contributed by atoms with E-state index in [4.69, 9.17) is 4.74 Å². The number of pyridine rings is 1. The summed E-state index contributed by atoms with van der Waals surface area (Å²) in [5.41, 5.74) is 1.66. The second-order valence-electron chi connectivity index (χ2n) is 4.65. The van der Waals surface area contributed by atoms with Crippen LogP contribution in [0.25, 0.3) is 10.1 Å². The molecule has 0 aliphatic rings. The Kier molecular flexibility index (Phi) is 3.58. The molecule has 0 saturated heterocycles. The van der Waals surface area contributed by atoms with E-state index >= 15 is 0 Å². The Bertz CT molecular complexity index is 810. The number of thiophene rings is 1. The standard InChI is InChI=1S/C16H13NO3S/c1-10-6-7-13(15(17-10)16(18)19)20-8-11-9-21-14-5-3-2-4-12(11)14/h2-7,9H,8H2,1H3,(H,18,19). The van der Waals surface area contributed by atoms with Crippen molar-refractivity contribution >= 4 is 27.4 Å². The van der Waals surface area contributed by atoms with Crippen LogP contribution in [0.15, 0.2) is 41.8 Å². The molecule has 0 amide bonds. The van der Waals surface area contributed by atoms with E-state index in [9.17, 15) is 9.90 Å². The van der Waals surface area contributed by atoms with Crippen molar-refractivity contribution in [3.8, 4) is 5.75 Å². The molecule has 1 N–H and O–H groups in total. The largest absolute Gasteiger partial charge is 0.486 e. The molecule has 3 rings (SSSR count). The highest BCUT2D eigenvalue weighted by atomic mass is 32.1. The molecule has 0 bridgehead atoms. The summed E-state index contributed by atoms with van der Waals surface area (Å²) in [7, 11) is 0. The van der Waals surface area contributed by atoms with Gasteiger partial charge in [0.15, 0.2) is 11.4 Å². The van der Waals surface area contributed by atoms with Crippen LogP contribution in [-0.4, -0.2) is 16.1 Å². The van der Waals surface area contributed by atoms with Crippen LogP contribution in [0.2, 0.25) is 0 Å². The van der Waals surface area contributed by atoms with Crippen LogP contribution in [0.4, 0.5) is 0 Å². The molecule has 2 aromatic heterocycles. The van der Waals surface area contributed by atoms with E-state index in [2.05, 4.69) is 11.1 Å². The summed E-state index contributed by atoms with van der Waals surface area (Å²) < 4.78 is 6.86. The number of nitrogens with zero attached hydrogens (tertiary/aromatic N) is 1. The number of fused-ring (bicyclic) bond motifs is 1. The van der Waals surface area contributed by atoms with Crippen LogP contribution < -0.4 is 4.74 Å². The monoisotopic (exact) mass is 299 g/mol. The molecule has 2 heterocycles. The maximum atomic E-state index is 11.2. The molecule has 0 aliphatic carbocycles. The van der Waals surface area contributed by atoms with Crippen LogP contribution >= 0.6 is 11.3 Å². The molecule has 4 nitrogen and oxygen atoms in total. The molecule has 3 aromatic rings. The van der Waals surface area contributed by atoms with Gasteiger partial charge in [-0.05, 0) is 35.9 Å². The van der Waals surface area contributed by atoms with Crippen molar-refractivity contribution in [3.63, 3.8) is 0 Å². The van der Waals surface area contributed by atoms with E-state index in [1.165, 1.54) is 4.70 Å². The summed E-state index contributed by atoms with van der Waals surface area (Å²) in [6.45, 7) is 2.08. The highest BCUT2D eigenvalue weighted by molar-refractivity contribution is 7.17. The van der Waals surface area contributed by atoms with E-state index in [1.807, 2.05) is 23.6 Å². The number of ether oxygens (including phenoxy) is 1. The molecule has 0 unspecified atom stereocenters. The molecule has 0 saturated carbocycles. The number of benzene rings is 1. The van der Waals surface area contributed by atoms with Gasteiger partial charge in [0.25, 0.3) is 0 Å². The second kappa shape index (κ2) is 5.54. The van der Waals surface area contributed by atoms with Gasteiger partial charge in [0.2, 0.25) is 0 Å². The van der Waals surface area contributed by atoms with Crippen molar-refractivity contribution < 1.29 is 14.6 Å². The third-order valence-electron chi connectivity index (χ3n) is 3.14. The van der Waals surface area contributed by atoms with Gasteiger partial charge in [0, 0.05) is 16.0 Å². The summed E-state index contributed by atoms with van der Waals surface area (Å²) in [4.78, 5) is 15.2. The van der Waals surface area contributed by atoms with Crippen LogP contribution in [-0.2, 0) is 6.61 Å². The molecular weight excluding hydrogens is 286 g/mol. The average Bonchev–Trinajstić information content (AvgIpc) is 2.89. The lowest BCUT2D eigenvalue weighted by molar-refractivity contribution is 0.0684. The van der Waals surface area contributed by atoms with Gasteiger partial charge >= 0.3 is 5.97 Å². The Morgan fingerprint density at radius 2 is 2.10 bits per heavy atom. The van der Waals surface area contributed by atoms with Gasteiger partial charge in [-0.15, -0.1) is 11.3 Å². The number of aromatic nitrogens is 1. The zero-order valence-corrected chi connectivity index (χ0v) is 12.2. The molecule has 0 atom stereocenters. The molecule has 0 fully saturated rings. The minimum Gasteiger partial charge on any atom is -0.486 e. The van der Waals surface area contributed by atoms with Crippen LogP contribution in [0.1, 0.15) is 21.7 Å². The van der Waals surface area contributed by atoms with Crippen LogP contribution in [0, 0.1) is 6.92 Å². The SMILES string of the molecule is Cc1ccc(OCc2csc3ccccc23)c(C(=O)O)n1. The van der Waals surface area contributed by atoms with Crippen molar-refractivity contribution in [1.82, 2.24) is 4.98 Å². The number of aryl methyl sites for hydroxylation is 1. The van der Waals surface area contributed by atoms with Crippen LogP contribution in [0.5, 0.6) is 5.75 Å². The minimum absolute atomic E-state index is 0.0467. The number of carboxylic acid groups (broad SMARTS) is 1. The molecule has 106 valence electrons. The van der Waals surface area contributed by atoms with Crippen molar-refractivity contribution in [2.24, 2.45) is 0 Å². The first kappa shape index (κ1) is 13.6. The first-order valence-electron chi connectivity index (χ1n) is 6.44. The summed E-state index contributed by atoms with van der Waals surface area (Å²) >= 11 is 1.65.